The van der Waals surface area contributed by atoms with E-state index in [1.807, 2.05) is 24.3 Å². The van der Waals surface area contributed by atoms with Crippen LogP contribution in [0.15, 0.2) is 49.1 Å². The molecule has 0 saturated carbocycles. The maximum Gasteiger partial charge on any atom is 0.239 e. The second kappa shape index (κ2) is 8.86. The third-order valence-corrected chi connectivity index (χ3v) is 4.78. The third kappa shape index (κ3) is 4.68. The lowest BCUT2D eigenvalue weighted by Gasteiger charge is -2.23. The minimum absolute atomic E-state index is 0.0579. The van der Waals surface area contributed by atoms with Crippen molar-refractivity contribution in [3.63, 3.8) is 0 Å². The molecule has 3 heterocycles. The van der Waals surface area contributed by atoms with Crippen molar-refractivity contribution in [3.05, 3.63) is 49.1 Å². The average molecular weight is 377 g/mol. The minimum Gasteiger partial charge on any atom is -0.380 e. The van der Waals surface area contributed by atoms with Crippen LogP contribution in [-0.4, -0.2) is 58.6 Å². The Hall–Kier alpha value is -2.90. The first kappa shape index (κ1) is 18.5. The Morgan fingerprint density at radius 2 is 2.00 bits per heavy atom. The first-order valence-electron chi connectivity index (χ1n) is 9.54. The molecule has 7 heteroatoms. The highest BCUT2D eigenvalue weighted by Crippen LogP contribution is 2.23. The molecular weight excluding hydrogens is 354 g/mol. The molecule has 1 amide bonds. The van der Waals surface area contributed by atoms with Crippen LogP contribution >= 0.6 is 0 Å². The molecule has 1 N–H and O–H groups in total. The topological polar surface area (TPSA) is 80.2 Å². The summed E-state index contributed by atoms with van der Waals surface area (Å²) >= 11 is 0. The fourth-order valence-electron chi connectivity index (χ4n) is 3.31. The van der Waals surface area contributed by atoms with Gasteiger partial charge in [-0.05, 0) is 36.9 Å². The second-order valence-corrected chi connectivity index (χ2v) is 6.87. The number of rotatable bonds is 4. The van der Waals surface area contributed by atoms with Gasteiger partial charge < -0.3 is 10.1 Å². The highest BCUT2D eigenvalue weighted by molar-refractivity contribution is 5.94. The van der Waals surface area contributed by atoms with Crippen LogP contribution < -0.4 is 5.32 Å². The van der Waals surface area contributed by atoms with Gasteiger partial charge in [-0.25, -0.2) is 4.98 Å². The van der Waals surface area contributed by atoms with E-state index in [1.165, 1.54) is 0 Å². The molecular formula is C21H23N5O2. The van der Waals surface area contributed by atoms with Crippen molar-refractivity contribution in [2.75, 3.05) is 38.2 Å². The van der Waals surface area contributed by atoms with Crippen molar-refractivity contribution < 1.29 is 9.53 Å². The van der Waals surface area contributed by atoms with Gasteiger partial charge >= 0.3 is 0 Å². The fraction of sp³-hybridized carbons (Fsp3) is 0.333. The van der Waals surface area contributed by atoms with Gasteiger partial charge in [-0.3, -0.25) is 19.7 Å². The summed E-state index contributed by atoms with van der Waals surface area (Å²) < 4.78 is 5.51. The Morgan fingerprint density at radius 1 is 1.04 bits per heavy atom. The van der Waals surface area contributed by atoms with E-state index in [4.69, 9.17) is 4.74 Å². The monoisotopic (exact) mass is 377 g/mol. The highest BCUT2D eigenvalue weighted by Gasteiger charge is 2.13. The number of aromatic nitrogens is 3. The number of fused-ring (bicyclic) bond motifs is 1. The zero-order valence-corrected chi connectivity index (χ0v) is 15.7. The normalized spacial score (nSPS) is 15.7. The predicted molar refractivity (Wildman–Crippen MR) is 108 cm³/mol. The molecule has 0 unspecified atom stereocenters. The van der Waals surface area contributed by atoms with Crippen LogP contribution in [0.3, 0.4) is 0 Å². The summed E-state index contributed by atoms with van der Waals surface area (Å²) in [6, 6.07) is 7.92. The quantitative estimate of drug-likeness (QED) is 0.753. The summed E-state index contributed by atoms with van der Waals surface area (Å²) in [5.41, 5.74) is 1.79. The molecule has 1 aliphatic heterocycles. The number of hydrogen-bond acceptors (Lipinski definition) is 6. The molecule has 28 heavy (non-hydrogen) atoms. The van der Waals surface area contributed by atoms with Crippen molar-refractivity contribution >= 4 is 22.5 Å². The number of anilines is 1. The molecule has 0 spiro atoms. The predicted octanol–water partition coefficient (Wildman–Crippen LogP) is 2.74. The lowest BCUT2D eigenvalue weighted by atomic mass is 10.1. The number of nitrogens with one attached hydrogen (secondary N) is 1. The molecule has 1 aromatic carbocycles. The van der Waals surface area contributed by atoms with E-state index in [0.29, 0.717) is 19.0 Å². The van der Waals surface area contributed by atoms with E-state index in [1.54, 1.807) is 24.8 Å². The van der Waals surface area contributed by atoms with Crippen molar-refractivity contribution in [1.82, 2.24) is 19.9 Å². The van der Waals surface area contributed by atoms with E-state index in [0.717, 1.165) is 54.6 Å². The summed E-state index contributed by atoms with van der Waals surface area (Å²) in [6.45, 7) is 3.54. The van der Waals surface area contributed by atoms with E-state index in [9.17, 15) is 4.79 Å². The maximum atomic E-state index is 12.5. The zero-order valence-electron chi connectivity index (χ0n) is 15.7. The Kier molecular flexibility index (Phi) is 5.84. The van der Waals surface area contributed by atoms with Crippen LogP contribution in [0.25, 0.3) is 22.0 Å². The minimum atomic E-state index is -0.0579. The second-order valence-electron chi connectivity index (χ2n) is 6.87. The first-order valence-corrected chi connectivity index (χ1v) is 9.54. The van der Waals surface area contributed by atoms with Crippen molar-refractivity contribution in [2.24, 2.45) is 0 Å². The fourth-order valence-corrected chi connectivity index (χ4v) is 3.31. The van der Waals surface area contributed by atoms with E-state index in [2.05, 4.69) is 25.2 Å². The standard InChI is InChI=1S/C21H23N5O2/c27-21(15-26-7-1-2-9-28-10-8-26)25-20-12-18-11-16(3-4-17(18)13-24-20)19-14-22-5-6-23-19/h3-6,11-14H,1-2,7-10,15H2,(H,24,25,27). The lowest BCUT2D eigenvalue weighted by Crippen LogP contribution is -2.37. The number of carbonyl (C=O) groups is 1. The van der Waals surface area contributed by atoms with Gasteiger partial charge in [0.05, 0.1) is 25.0 Å². The van der Waals surface area contributed by atoms with Gasteiger partial charge in [-0.15, -0.1) is 0 Å². The summed E-state index contributed by atoms with van der Waals surface area (Å²) in [5, 5.41) is 4.92. The van der Waals surface area contributed by atoms with Crippen LogP contribution in [-0.2, 0) is 9.53 Å². The molecule has 1 aliphatic rings. The number of benzene rings is 1. The van der Waals surface area contributed by atoms with Gasteiger partial charge in [0.2, 0.25) is 5.91 Å². The summed E-state index contributed by atoms with van der Waals surface area (Å²) in [4.78, 5) is 27.4. The van der Waals surface area contributed by atoms with Crippen LogP contribution in [0.1, 0.15) is 12.8 Å². The molecule has 3 aromatic rings. The number of nitrogens with zero attached hydrogens (tertiary/aromatic N) is 4. The number of hydrogen-bond donors (Lipinski definition) is 1. The van der Waals surface area contributed by atoms with Gasteiger partial charge in [0.1, 0.15) is 5.82 Å². The van der Waals surface area contributed by atoms with Crippen LogP contribution in [0, 0.1) is 0 Å². The van der Waals surface area contributed by atoms with Crippen LogP contribution in [0.2, 0.25) is 0 Å². The molecule has 2 aromatic heterocycles. The highest BCUT2D eigenvalue weighted by atomic mass is 16.5. The SMILES string of the molecule is O=C(CN1CCCCOCC1)Nc1cc2cc(-c3cnccn3)ccc2cn1. The summed E-state index contributed by atoms with van der Waals surface area (Å²) in [6.07, 6.45) is 8.92. The molecule has 1 saturated heterocycles. The van der Waals surface area contributed by atoms with Gasteiger partial charge in [-0.1, -0.05) is 12.1 Å². The van der Waals surface area contributed by atoms with Gasteiger partial charge in [-0.2, -0.15) is 0 Å². The molecule has 144 valence electrons. The Labute approximate surface area is 163 Å². The van der Waals surface area contributed by atoms with Gasteiger partial charge in [0.15, 0.2) is 0 Å². The molecule has 0 bridgehead atoms. The summed E-state index contributed by atoms with van der Waals surface area (Å²) in [5.74, 6) is 0.495. The third-order valence-electron chi connectivity index (χ3n) is 4.78. The van der Waals surface area contributed by atoms with E-state index in [-0.39, 0.29) is 5.91 Å². The molecule has 7 nitrogen and oxygen atoms in total. The Bertz CT molecular complexity index is 940. The number of ether oxygens (including phenoxy) is 1. The molecule has 1 fully saturated rings. The first-order chi connectivity index (χ1) is 13.8. The lowest BCUT2D eigenvalue weighted by molar-refractivity contribution is -0.117. The smallest absolute Gasteiger partial charge is 0.239 e. The van der Waals surface area contributed by atoms with Crippen molar-refractivity contribution in [1.29, 1.82) is 0 Å². The molecule has 0 radical (unpaired) electrons. The maximum absolute atomic E-state index is 12.5. The number of pyridine rings is 1. The summed E-state index contributed by atoms with van der Waals surface area (Å²) in [7, 11) is 0. The van der Waals surface area contributed by atoms with Crippen LogP contribution in [0.4, 0.5) is 5.82 Å². The molecule has 0 aliphatic carbocycles. The van der Waals surface area contributed by atoms with Crippen LogP contribution in [0.5, 0.6) is 0 Å². The number of carbonyl (C=O) groups excluding carboxylic acids is 1. The molecule has 4 rings (SSSR count). The Morgan fingerprint density at radius 3 is 2.89 bits per heavy atom. The van der Waals surface area contributed by atoms with Gasteiger partial charge in [0, 0.05) is 42.7 Å². The Balaban J connectivity index is 1.46. The van der Waals surface area contributed by atoms with E-state index >= 15 is 0 Å². The number of amides is 1. The average Bonchev–Trinajstić information content (AvgIpc) is 2.70. The van der Waals surface area contributed by atoms with E-state index < -0.39 is 0 Å². The zero-order chi connectivity index (χ0) is 19.2. The largest absolute Gasteiger partial charge is 0.380 e. The van der Waals surface area contributed by atoms with Crippen molar-refractivity contribution in [3.8, 4) is 11.3 Å². The molecule has 0 atom stereocenters. The van der Waals surface area contributed by atoms with Crippen molar-refractivity contribution in [2.45, 2.75) is 12.8 Å². The van der Waals surface area contributed by atoms with Gasteiger partial charge in [0.25, 0.3) is 0 Å².